The molecule has 1 aromatic heterocycles. The van der Waals surface area contributed by atoms with Crippen LogP contribution in [0.15, 0.2) is 53.3 Å². The molecule has 2 rings (SSSR count). The van der Waals surface area contributed by atoms with E-state index in [-0.39, 0.29) is 0 Å². The van der Waals surface area contributed by atoms with Crippen LogP contribution >= 0.6 is 15.9 Å². The summed E-state index contributed by atoms with van der Waals surface area (Å²) in [6.07, 6.45) is 3.70. The Morgan fingerprint density at radius 1 is 1.29 bits per heavy atom. The van der Waals surface area contributed by atoms with Crippen LogP contribution in [0.3, 0.4) is 0 Å². The maximum Gasteiger partial charge on any atom is 0.0315 e. The molecule has 1 heterocycles. The first-order valence-corrected chi connectivity index (χ1v) is 6.43. The summed E-state index contributed by atoms with van der Waals surface area (Å²) in [6, 6.07) is 12.7. The fourth-order valence-corrected chi connectivity index (χ4v) is 2.11. The zero-order chi connectivity index (χ0) is 12.1. The molecule has 2 aromatic rings. The number of benzene rings is 1. The van der Waals surface area contributed by atoms with Crippen LogP contribution < -0.4 is 5.32 Å². The van der Waals surface area contributed by atoms with E-state index in [0.29, 0.717) is 6.04 Å². The highest BCUT2D eigenvalue weighted by molar-refractivity contribution is 9.10. The van der Waals surface area contributed by atoms with Crippen LogP contribution in [0.4, 0.5) is 0 Å². The Hall–Kier alpha value is -1.19. The maximum atomic E-state index is 4.13. The van der Waals surface area contributed by atoms with Crippen LogP contribution in [0.2, 0.25) is 0 Å². The molecule has 88 valence electrons. The monoisotopic (exact) mass is 290 g/mol. The molecule has 0 aliphatic heterocycles. The van der Waals surface area contributed by atoms with E-state index in [9.17, 15) is 0 Å². The lowest BCUT2D eigenvalue weighted by atomic mass is 10.1. The summed E-state index contributed by atoms with van der Waals surface area (Å²) >= 11 is 3.48. The number of nitrogens with zero attached hydrogens (tertiary/aromatic N) is 1. The Kier molecular flexibility index (Phi) is 4.29. The number of aromatic nitrogens is 1. The predicted molar refractivity (Wildman–Crippen MR) is 73.6 cm³/mol. The van der Waals surface area contributed by atoms with Crippen LogP contribution in [-0.4, -0.2) is 4.98 Å². The van der Waals surface area contributed by atoms with Gasteiger partial charge in [-0.15, -0.1) is 0 Å². The first-order chi connectivity index (χ1) is 8.25. The molecule has 0 radical (unpaired) electrons. The molecular weight excluding hydrogens is 276 g/mol. The number of hydrogen-bond donors (Lipinski definition) is 1. The van der Waals surface area contributed by atoms with Crippen molar-refractivity contribution in [2.75, 3.05) is 0 Å². The van der Waals surface area contributed by atoms with Crippen LogP contribution in [0.5, 0.6) is 0 Å². The predicted octanol–water partition coefficient (Wildman–Crippen LogP) is 3.69. The second-order valence-electron chi connectivity index (χ2n) is 4.02. The third-order valence-electron chi connectivity index (χ3n) is 2.69. The molecule has 17 heavy (non-hydrogen) atoms. The molecular formula is C14H15BrN2. The zero-order valence-corrected chi connectivity index (χ0v) is 11.3. The van der Waals surface area contributed by atoms with Crippen LogP contribution in [0.25, 0.3) is 0 Å². The van der Waals surface area contributed by atoms with Crippen molar-refractivity contribution >= 4 is 15.9 Å². The van der Waals surface area contributed by atoms with Crippen LogP contribution in [-0.2, 0) is 6.54 Å². The first kappa shape index (κ1) is 12.3. The lowest BCUT2D eigenvalue weighted by molar-refractivity contribution is 0.573. The summed E-state index contributed by atoms with van der Waals surface area (Å²) < 4.78 is 1.12. The molecule has 0 amide bonds. The van der Waals surface area contributed by atoms with Crippen molar-refractivity contribution in [1.29, 1.82) is 0 Å². The van der Waals surface area contributed by atoms with Gasteiger partial charge in [-0.25, -0.2) is 0 Å². The number of rotatable bonds is 4. The van der Waals surface area contributed by atoms with Gasteiger partial charge in [-0.3, -0.25) is 4.98 Å². The van der Waals surface area contributed by atoms with E-state index in [0.717, 1.165) is 11.0 Å². The van der Waals surface area contributed by atoms with Crippen LogP contribution in [0, 0.1) is 0 Å². The second-order valence-corrected chi connectivity index (χ2v) is 4.93. The highest BCUT2D eigenvalue weighted by atomic mass is 79.9. The molecule has 0 saturated carbocycles. The van der Waals surface area contributed by atoms with Gasteiger partial charge in [0, 0.05) is 29.5 Å². The summed E-state index contributed by atoms with van der Waals surface area (Å²) in [5.74, 6) is 0. The normalized spacial score (nSPS) is 12.4. The second kappa shape index (κ2) is 5.94. The third kappa shape index (κ3) is 3.65. The van der Waals surface area contributed by atoms with Gasteiger partial charge in [-0.1, -0.05) is 34.1 Å². The molecule has 3 heteroatoms. The Morgan fingerprint density at radius 2 is 2.18 bits per heavy atom. The van der Waals surface area contributed by atoms with Gasteiger partial charge in [-0.05, 0) is 36.2 Å². The molecule has 0 saturated heterocycles. The molecule has 1 atom stereocenters. The van der Waals surface area contributed by atoms with Crippen LogP contribution in [0.1, 0.15) is 24.1 Å². The van der Waals surface area contributed by atoms with Crippen molar-refractivity contribution in [3.63, 3.8) is 0 Å². The molecule has 0 spiro atoms. The number of halogens is 1. The lowest BCUT2D eigenvalue weighted by Gasteiger charge is -2.13. The summed E-state index contributed by atoms with van der Waals surface area (Å²) in [7, 11) is 0. The van der Waals surface area contributed by atoms with Crippen molar-refractivity contribution in [2.24, 2.45) is 0 Å². The molecule has 2 nitrogen and oxygen atoms in total. The summed E-state index contributed by atoms with van der Waals surface area (Å²) in [4.78, 5) is 4.13. The SMILES string of the molecule is CC(NCc1cccc(Br)c1)c1cccnc1. The highest BCUT2D eigenvalue weighted by Crippen LogP contribution is 2.14. The molecule has 0 fully saturated rings. The minimum atomic E-state index is 0.308. The summed E-state index contributed by atoms with van der Waals surface area (Å²) in [5, 5.41) is 3.48. The fraction of sp³-hybridized carbons (Fsp3) is 0.214. The molecule has 1 aromatic carbocycles. The van der Waals surface area contributed by atoms with Gasteiger partial charge in [0.2, 0.25) is 0 Å². The number of pyridine rings is 1. The Balaban J connectivity index is 1.95. The van der Waals surface area contributed by atoms with E-state index < -0.39 is 0 Å². The van der Waals surface area contributed by atoms with Crippen molar-refractivity contribution in [3.8, 4) is 0 Å². The molecule has 0 aliphatic rings. The van der Waals surface area contributed by atoms with Crippen molar-refractivity contribution in [1.82, 2.24) is 10.3 Å². The van der Waals surface area contributed by atoms with Gasteiger partial charge < -0.3 is 5.32 Å². The molecule has 1 N–H and O–H groups in total. The average Bonchev–Trinajstić information content (AvgIpc) is 2.37. The summed E-state index contributed by atoms with van der Waals surface area (Å²) in [6.45, 7) is 3.00. The van der Waals surface area contributed by atoms with Crippen molar-refractivity contribution in [3.05, 3.63) is 64.4 Å². The van der Waals surface area contributed by atoms with Gasteiger partial charge >= 0.3 is 0 Å². The number of hydrogen-bond acceptors (Lipinski definition) is 2. The van der Waals surface area contributed by atoms with Gasteiger partial charge in [0.15, 0.2) is 0 Å². The summed E-state index contributed by atoms with van der Waals surface area (Å²) in [5.41, 5.74) is 2.48. The van der Waals surface area contributed by atoms with Gasteiger partial charge in [0.1, 0.15) is 0 Å². The lowest BCUT2D eigenvalue weighted by Crippen LogP contribution is -2.18. The topological polar surface area (TPSA) is 24.9 Å². The average molecular weight is 291 g/mol. The smallest absolute Gasteiger partial charge is 0.0315 e. The molecule has 1 unspecified atom stereocenters. The zero-order valence-electron chi connectivity index (χ0n) is 9.73. The van der Waals surface area contributed by atoms with E-state index in [1.54, 1.807) is 6.20 Å². The molecule has 0 aliphatic carbocycles. The first-order valence-electron chi connectivity index (χ1n) is 5.63. The van der Waals surface area contributed by atoms with E-state index in [1.807, 2.05) is 18.3 Å². The number of nitrogens with one attached hydrogen (secondary N) is 1. The van der Waals surface area contributed by atoms with E-state index in [1.165, 1.54) is 11.1 Å². The maximum absolute atomic E-state index is 4.13. The van der Waals surface area contributed by atoms with Gasteiger partial charge in [0.25, 0.3) is 0 Å². The third-order valence-corrected chi connectivity index (χ3v) is 3.18. The highest BCUT2D eigenvalue weighted by Gasteiger charge is 2.04. The van der Waals surface area contributed by atoms with E-state index in [4.69, 9.17) is 0 Å². The van der Waals surface area contributed by atoms with Gasteiger partial charge in [0.05, 0.1) is 0 Å². The van der Waals surface area contributed by atoms with Crippen molar-refractivity contribution < 1.29 is 0 Å². The fourth-order valence-electron chi connectivity index (χ4n) is 1.67. The van der Waals surface area contributed by atoms with Crippen molar-refractivity contribution in [2.45, 2.75) is 19.5 Å². The largest absolute Gasteiger partial charge is 0.306 e. The van der Waals surface area contributed by atoms with E-state index >= 15 is 0 Å². The standard InChI is InChI=1S/C14H15BrN2/c1-11(13-5-3-7-16-10-13)17-9-12-4-2-6-14(15)8-12/h2-8,10-11,17H,9H2,1H3. The molecule has 0 bridgehead atoms. The Labute approximate surface area is 110 Å². The Bertz CT molecular complexity index is 471. The minimum absolute atomic E-state index is 0.308. The van der Waals surface area contributed by atoms with E-state index in [2.05, 4.69) is 57.4 Å². The Morgan fingerprint density at radius 3 is 2.88 bits per heavy atom. The minimum Gasteiger partial charge on any atom is -0.306 e. The van der Waals surface area contributed by atoms with Gasteiger partial charge in [-0.2, -0.15) is 0 Å². The quantitative estimate of drug-likeness (QED) is 0.929.